The Balaban J connectivity index is 1.66. The van der Waals surface area contributed by atoms with E-state index in [2.05, 4.69) is 45.6 Å². The summed E-state index contributed by atoms with van der Waals surface area (Å²) in [4.78, 5) is 9.14. The van der Waals surface area contributed by atoms with Crippen LogP contribution in [0.5, 0.6) is 0 Å². The lowest BCUT2D eigenvalue weighted by Crippen LogP contribution is -2.35. The van der Waals surface area contributed by atoms with Gasteiger partial charge in [-0.25, -0.2) is 4.98 Å². The third-order valence-corrected chi connectivity index (χ3v) is 4.69. The van der Waals surface area contributed by atoms with Gasteiger partial charge in [0, 0.05) is 11.2 Å². The number of aromatic amines is 1. The Morgan fingerprint density at radius 2 is 2.25 bits per heavy atom. The molecule has 0 saturated carbocycles. The summed E-state index contributed by atoms with van der Waals surface area (Å²) in [6, 6.07) is 10.8. The van der Waals surface area contributed by atoms with E-state index in [4.69, 9.17) is 4.74 Å². The van der Waals surface area contributed by atoms with E-state index in [1.54, 1.807) is 11.3 Å². The van der Waals surface area contributed by atoms with Gasteiger partial charge in [0.1, 0.15) is 5.82 Å². The van der Waals surface area contributed by atoms with Gasteiger partial charge in [-0.3, -0.25) is 0 Å². The van der Waals surface area contributed by atoms with Gasteiger partial charge in [-0.15, -0.1) is 11.3 Å². The van der Waals surface area contributed by atoms with Crippen LogP contribution in [0.15, 0.2) is 36.5 Å². The fourth-order valence-electron chi connectivity index (χ4n) is 2.49. The van der Waals surface area contributed by atoms with Gasteiger partial charge in [0.05, 0.1) is 36.0 Å². The fraction of sp³-hybridized carbons (Fsp3) is 0.267. The molecule has 102 valence electrons. The Morgan fingerprint density at radius 3 is 3.10 bits per heavy atom. The minimum Gasteiger partial charge on any atom is -0.378 e. The number of fused-ring (bicyclic) bond motifs is 1. The molecule has 2 N–H and O–H groups in total. The van der Waals surface area contributed by atoms with Crippen molar-refractivity contribution in [3.63, 3.8) is 0 Å². The molecule has 4 nitrogen and oxygen atoms in total. The lowest BCUT2D eigenvalue weighted by Gasteiger charge is -2.21. The van der Waals surface area contributed by atoms with Crippen LogP contribution in [0.4, 0.5) is 0 Å². The predicted molar refractivity (Wildman–Crippen MR) is 81.0 cm³/mol. The van der Waals surface area contributed by atoms with Crippen LogP contribution in [-0.4, -0.2) is 29.7 Å². The van der Waals surface area contributed by atoms with Crippen LogP contribution in [-0.2, 0) is 4.74 Å². The third-order valence-electron chi connectivity index (χ3n) is 3.54. The van der Waals surface area contributed by atoms with Crippen LogP contribution in [0, 0.1) is 0 Å². The van der Waals surface area contributed by atoms with Crippen LogP contribution < -0.4 is 5.32 Å². The molecule has 1 aliphatic heterocycles. The lowest BCUT2D eigenvalue weighted by atomic mass is 10.2. The zero-order valence-electron chi connectivity index (χ0n) is 10.9. The molecule has 0 aliphatic carbocycles. The molecule has 5 heteroatoms. The molecule has 2 aromatic heterocycles. The van der Waals surface area contributed by atoms with Crippen molar-refractivity contribution in [2.75, 3.05) is 19.8 Å². The van der Waals surface area contributed by atoms with Crippen molar-refractivity contribution in [2.24, 2.45) is 0 Å². The van der Waals surface area contributed by atoms with E-state index in [1.165, 1.54) is 15.0 Å². The number of ether oxygens (including phenoxy) is 1. The van der Waals surface area contributed by atoms with E-state index in [9.17, 15) is 0 Å². The molecular formula is C15H15N3OS. The molecule has 1 saturated heterocycles. The van der Waals surface area contributed by atoms with E-state index in [0.29, 0.717) is 6.61 Å². The van der Waals surface area contributed by atoms with E-state index >= 15 is 0 Å². The highest BCUT2D eigenvalue weighted by Gasteiger charge is 2.18. The summed E-state index contributed by atoms with van der Waals surface area (Å²) >= 11 is 1.79. The highest BCUT2D eigenvalue weighted by Crippen LogP contribution is 2.32. The molecule has 1 atom stereocenters. The van der Waals surface area contributed by atoms with Crippen molar-refractivity contribution < 1.29 is 4.74 Å². The van der Waals surface area contributed by atoms with Gasteiger partial charge >= 0.3 is 0 Å². The Labute approximate surface area is 120 Å². The monoisotopic (exact) mass is 285 g/mol. The van der Waals surface area contributed by atoms with Crippen molar-refractivity contribution >= 4 is 21.4 Å². The van der Waals surface area contributed by atoms with Crippen LogP contribution >= 0.6 is 11.3 Å². The van der Waals surface area contributed by atoms with Crippen molar-refractivity contribution in [1.29, 1.82) is 0 Å². The quantitative estimate of drug-likeness (QED) is 0.761. The number of nitrogens with zero attached hydrogens (tertiary/aromatic N) is 1. The average molecular weight is 285 g/mol. The number of hydrogen-bond donors (Lipinski definition) is 2. The first-order valence-electron chi connectivity index (χ1n) is 6.75. The molecule has 1 aliphatic rings. The van der Waals surface area contributed by atoms with Crippen LogP contribution in [0.25, 0.3) is 20.7 Å². The molecule has 1 fully saturated rings. The van der Waals surface area contributed by atoms with Gasteiger partial charge in [0.15, 0.2) is 0 Å². The van der Waals surface area contributed by atoms with Crippen LogP contribution in [0.2, 0.25) is 0 Å². The zero-order chi connectivity index (χ0) is 13.4. The van der Waals surface area contributed by atoms with E-state index in [0.717, 1.165) is 24.7 Å². The second-order valence-electron chi connectivity index (χ2n) is 4.91. The number of H-pyrrole nitrogens is 1. The highest BCUT2D eigenvalue weighted by molar-refractivity contribution is 7.22. The lowest BCUT2D eigenvalue weighted by molar-refractivity contribution is 0.0745. The zero-order valence-corrected chi connectivity index (χ0v) is 11.7. The molecular weight excluding hydrogens is 270 g/mol. The second kappa shape index (κ2) is 5.01. The summed E-state index contributed by atoms with van der Waals surface area (Å²) in [7, 11) is 0. The van der Waals surface area contributed by atoms with E-state index in [1.807, 2.05) is 6.20 Å². The Morgan fingerprint density at radius 1 is 1.30 bits per heavy atom. The summed E-state index contributed by atoms with van der Waals surface area (Å²) in [5.74, 6) is 0.956. The largest absolute Gasteiger partial charge is 0.378 e. The third kappa shape index (κ3) is 2.14. The molecule has 3 heterocycles. The van der Waals surface area contributed by atoms with Gasteiger partial charge in [-0.05, 0) is 17.5 Å². The van der Waals surface area contributed by atoms with Gasteiger partial charge < -0.3 is 15.0 Å². The molecule has 20 heavy (non-hydrogen) atoms. The number of rotatable bonds is 2. The molecule has 1 unspecified atom stereocenters. The smallest absolute Gasteiger partial charge is 0.126 e. The summed E-state index contributed by atoms with van der Waals surface area (Å²) in [5, 5.41) is 4.69. The Hall–Kier alpha value is -1.69. The normalized spacial score (nSPS) is 19.5. The molecule has 0 bridgehead atoms. The number of morpholine rings is 1. The molecule has 1 aromatic carbocycles. The number of thiophene rings is 1. The summed E-state index contributed by atoms with van der Waals surface area (Å²) in [6.07, 6.45) is 1.91. The Kier molecular flexibility index (Phi) is 3.03. The maximum Gasteiger partial charge on any atom is 0.126 e. The molecule has 0 amide bonds. The van der Waals surface area contributed by atoms with Crippen molar-refractivity contribution in [3.8, 4) is 10.6 Å². The van der Waals surface area contributed by atoms with Crippen molar-refractivity contribution in [3.05, 3.63) is 42.4 Å². The predicted octanol–water partition coefficient (Wildman–Crippen LogP) is 2.95. The SMILES string of the molecule is c1ccc2sc(-c3cnc(C4COCCN4)[nH]3)cc2c1. The van der Waals surface area contributed by atoms with Gasteiger partial charge in [0.25, 0.3) is 0 Å². The van der Waals surface area contributed by atoms with Crippen molar-refractivity contribution in [2.45, 2.75) is 6.04 Å². The maximum atomic E-state index is 5.48. The number of nitrogens with one attached hydrogen (secondary N) is 2. The fourth-order valence-corrected chi connectivity index (χ4v) is 3.52. The molecule has 0 spiro atoms. The first-order chi connectivity index (χ1) is 9.90. The van der Waals surface area contributed by atoms with E-state index in [-0.39, 0.29) is 6.04 Å². The minimum absolute atomic E-state index is 0.173. The average Bonchev–Trinajstić information content (AvgIpc) is 3.14. The number of benzene rings is 1. The molecule has 0 radical (unpaired) electrons. The molecule has 4 rings (SSSR count). The van der Waals surface area contributed by atoms with Crippen LogP contribution in [0.3, 0.4) is 0 Å². The summed E-state index contributed by atoms with van der Waals surface area (Å²) in [6.45, 7) is 2.34. The Bertz CT molecular complexity index is 694. The number of hydrogen-bond acceptors (Lipinski definition) is 4. The summed E-state index contributed by atoms with van der Waals surface area (Å²) < 4.78 is 6.78. The second-order valence-corrected chi connectivity index (χ2v) is 6.00. The summed E-state index contributed by atoms with van der Waals surface area (Å²) in [5.41, 5.74) is 1.08. The maximum absolute atomic E-state index is 5.48. The first-order valence-corrected chi connectivity index (χ1v) is 7.57. The van der Waals surface area contributed by atoms with E-state index < -0.39 is 0 Å². The highest BCUT2D eigenvalue weighted by atomic mass is 32.1. The number of aromatic nitrogens is 2. The molecule has 3 aromatic rings. The van der Waals surface area contributed by atoms with Gasteiger partial charge in [0.2, 0.25) is 0 Å². The minimum atomic E-state index is 0.173. The van der Waals surface area contributed by atoms with Crippen LogP contribution in [0.1, 0.15) is 11.9 Å². The van der Waals surface area contributed by atoms with Gasteiger partial charge in [-0.2, -0.15) is 0 Å². The standard InChI is InChI=1S/C15H15N3OS/c1-2-4-13-10(3-1)7-14(20-13)11-8-17-15(18-11)12-9-19-6-5-16-12/h1-4,7-8,12,16H,5-6,9H2,(H,17,18). The van der Waals surface area contributed by atoms with Gasteiger partial charge in [-0.1, -0.05) is 18.2 Å². The topological polar surface area (TPSA) is 49.9 Å². The van der Waals surface area contributed by atoms with Crippen molar-refractivity contribution in [1.82, 2.24) is 15.3 Å². The number of imidazole rings is 1. The first kappa shape index (κ1) is 12.1.